The number of nitrogens with zero attached hydrogens (tertiary/aromatic N) is 2. The molecule has 2 aliphatic rings. The van der Waals surface area contributed by atoms with Crippen LogP contribution in [-0.2, 0) is 16.1 Å². The van der Waals surface area contributed by atoms with Gasteiger partial charge in [0.05, 0.1) is 0 Å². The largest absolute Gasteiger partial charge is 0.353 e. The number of amides is 2. The molecule has 2 unspecified atom stereocenters. The molecule has 6 nitrogen and oxygen atoms in total. The molecule has 0 aromatic carbocycles. The molecule has 2 atom stereocenters. The van der Waals surface area contributed by atoms with E-state index in [1.807, 2.05) is 18.6 Å². The molecule has 2 heterocycles. The predicted octanol–water partition coefficient (Wildman–Crippen LogP) is 1.53. The number of aromatic nitrogens is 1. The summed E-state index contributed by atoms with van der Waals surface area (Å²) in [5, 5.41) is 9.59. The van der Waals surface area contributed by atoms with E-state index in [2.05, 4.69) is 15.6 Å². The lowest BCUT2D eigenvalue weighted by atomic mass is 9.96. The number of carbonyl (C=O) groups is 2. The lowest BCUT2D eigenvalue weighted by Crippen LogP contribution is -2.42. The maximum absolute atomic E-state index is 12.4. The third-order valence-electron chi connectivity index (χ3n) is 4.77. The zero-order valence-corrected chi connectivity index (χ0v) is 15.0. The number of thiazole rings is 1. The highest BCUT2D eigenvalue weighted by Gasteiger charge is 2.30. The summed E-state index contributed by atoms with van der Waals surface area (Å²) in [6.45, 7) is 1.41. The Morgan fingerprint density at radius 2 is 2.17 bits per heavy atom. The number of rotatable bonds is 5. The van der Waals surface area contributed by atoms with Gasteiger partial charge in [-0.05, 0) is 25.7 Å². The van der Waals surface area contributed by atoms with Crippen molar-refractivity contribution in [2.75, 3.05) is 13.6 Å². The second kappa shape index (κ2) is 8.07. The van der Waals surface area contributed by atoms with Gasteiger partial charge in [0.15, 0.2) is 0 Å². The summed E-state index contributed by atoms with van der Waals surface area (Å²) in [6.07, 6.45) is 7.01. The zero-order valence-electron chi connectivity index (χ0n) is 14.2. The van der Waals surface area contributed by atoms with Crippen LogP contribution in [0.1, 0.15) is 43.5 Å². The monoisotopic (exact) mass is 350 g/mol. The molecule has 1 saturated carbocycles. The summed E-state index contributed by atoms with van der Waals surface area (Å²) >= 11 is 1.64. The Kier molecular flexibility index (Phi) is 5.84. The van der Waals surface area contributed by atoms with Gasteiger partial charge in [-0.3, -0.25) is 9.59 Å². The zero-order chi connectivity index (χ0) is 16.9. The third kappa shape index (κ3) is 5.01. The Balaban J connectivity index is 1.55. The Morgan fingerprint density at radius 1 is 1.33 bits per heavy atom. The van der Waals surface area contributed by atoms with Gasteiger partial charge in [-0.15, -0.1) is 11.3 Å². The molecular formula is C17H26N4O2S. The fourth-order valence-corrected chi connectivity index (χ4v) is 3.68. The minimum Gasteiger partial charge on any atom is -0.353 e. The quantitative estimate of drug-likeness (QED) is 0.844. The van der Waals surface area contributed by atoms with Crippen LogP contribution in [0.5, 0.6) is 0 Å². The molecule has 0 spiro atoms. The van der Waals surface area contributed by atoms with Crippen LogP contribution in [0.2, 0.25) is 0 Å². The van der Waals surface area contributed by atoms with Crippen LogP contribution in [0.3, 0.4) is 0 Å². The van der Waals surface area contributed by atoms with Crippen LogP contribution < -0.4 is 10.6 Å². The lowest BCUT2D eigenvalue weighted by molar-refractivity contribution is -0.135. The van der Waals surface area contributed by atoms with Crippen LogP contribution in [0, 0.1) is 5.92 Å². The van der Waals surface area contributed by atoms with Crippen LogP contribution in [0.15, 0.2) is 11.6 Å². The van der Waals surface area contributed by atoms with Crippen molar-refractivity contribution in [3.63, 3.8) is 0 Å². The standard InChI is InChI=1S/C17H26N4O2S/c1-21-11-14(19-10-15-18-7-8-24-15)4-2-3-12(9-16(21)22)17(23)20-13-5-6-13/h7-8,12-14,19H,2-6,9-11H2,1H3,(H,20,23). The highest BCUT2D eigenvalue weighted by molar-refractivity contribution is 7.09. The summed E-state index contributed by atoms with van der Waals surface area (Å²) in [6, 6.07) is 0.596. The van der Waals surface area contributed by atoms with Crippen molar-refractivity contribution in [3.05, 3.63) is 16.6 Å². The molecular weight excluding hydrogens is 324 g/mol. The van der Waals surface area contributed by atoms with E-state index in [-0.39, 0.29) is 23.8 Å². The van der Waals surface area contributed by atoms with Gasteiger partial charge in [0.25, 0.3) is 0 Å². The molecule has 1 aromatic rings. The molecule has 24 heavy (non-hydrogen) atoms. The van der Waals surface area contributed by atoms with Crippen LogP contribution in [0.25, 0.3) is 0 Å². The molecule has 7 heteroatoms. The van der Waals surface area contributed by atoms with Gasteiger partial charge in [-0.2, -0.15) is 0 Å². The predicted molar refractivity (Wildman–Crippen MR) is 93.5 cm³/mol. The Hall–Kier alpha value is -1.47. The summed E-state index contributed by atoms with van der Waals surface area (Å²) in [4.78, 5) is 30.8. The summed E-state index contributed by atoms with van der Waals surface area (Å²) in [5.41, 5.74) is 0. The average molecular weight is 350 g/mol. The number of hydrogen-bond acceptors (Lipinski definition) is 5. The van der Waals surface area contributed by atoms with Gasteiger partial charge in [0, 0.05) is 56.1 Å². The van der Waals surface area contributed by atoms with E-state index < -0.39 is 0 Å². The second-order valence-corrected chi connectivity index (χ2v) is 7.87. The van der Waals surface area contributed by atoms with Crippen molar-refractivity contribution in [2.45, 2.75) is 57.2 Å². The van der Waals surface area contributed by atoms with E-state index in [9.17, 15) is 9.59 Å². The van der Waals surface area contributed by atoms with E-state index in [1.165, 1.54) is 0 Å². The van der Waals surface area contributed by atoms with Crippen molar-refractivity contribution in [3.8, 4) is 0 Å². The smallest absolute Gasteiger partial charge is 0.223 e. The normalized spacial score (nSPS) is 25.7. The van der Waals surface area contributed by atoms with Gasteiger partial charge < -0.3 is 15.5 Å². The number of hydrogen-bond donors (Lipinski definition) is 2. The van der Waals surface area contributed by atoms with Gasteiger partial charge in [-0.1, -0.05) is 6.42 Å². The highest BCUT2D eigenvalue weighted by Crippen LogP contribution is 2.23. The number of nitrogens with one attached hydrogen (secondary N) is 2. The lowest BCUT2D eigenvalue weighted by Gasteiger charge is -2.24. The minimum atomic E-state index is -0.182. The number of likely N-dealkylation sites (N-methyl/N-ethyl adjacent to an activating group) is 1. The fraction of sp³-hybridized carbons (Fsp3) is 0.706. The molecule has 0 bridgehead atoms. The first-order valence-corrected chi connectivity index (χ1v) is 9.66. The summed E-state index contributed by atoms with van der Waals surface area (Å²) in [5.74, 6) is -0.0550. The van der Waals surface area contributed by atoms with Gasteiger partial charge >= 0.3 is 0 Å². The molecule has 1 aliphatic heterocycles. The molecule has 3 rings (SSSR count). The summed E-state index contributed by atoms with van der Waals surface area (Å²) < 4.78 is 0. The first-order chi connectivity index (χ1) is 11.6. The van der Waals surface area contributed by atoms with Gasteiger partial charge in [0.1, 0.15) is 5.01 Å². The molecule has 1 aliphatic carbocycles. The molecule has 1 saturated heterocycles. The van der Waals surface area contributed by atoms with Crippen molar-refractivity contribution in [1.29, 1.82) is 0 Å². The first-order valence-electron chi connectivity index (χ1n) is 8.78. The SMILES string of the molecule is CN1CC(NCc2nccs2)CCCC(C(=O)NC2CC2)CC1=O. The van der Waals surface area contributed by atoms with Crippen molar-refractivity contribution in [1.82, 2.24) is 20.5 Å². The highest BCUT2D eigenvalue weighted by atomic mass is 32.1. The molecule has 2 N–H and O–H groups in total. The van der Waals surface area contributed by atoms with Gasteiger partial charge in [0.2, 0.25) is 11.8 Å². The summed E-state index contributed by atoms with van der Waals surface area (Å²) in [7, 11) is 1.83. The third-order valence-corrected chi connectivity index (χ3v) is 5.55. The van der Waals surface area contributed by atoms with Gasteiger partial charge in [-0.25, -0.2) is 4.98 Å². The minimum absolute atomic E-state index is 0.0634. The first kappa shape index (κ1) is 17.4. The Labute approximate surface area is 147 Å². The van der Waals surface area contributed by atoms with Crippen LogP contribution in [-0.4, -0.2) is 47.4 Å². The van der Waals surface area contributed by atoms with Crippen LogP contribution in [0.4, 0.5) is 0 Å². The van der Waals surface area contributed by atoms with E-state index >= 15 is 0 Å². The van der Waals surface area contributed by atoms with E-state index in [0.717, 1.165) is 43.7 Å². The maximum Gasteiger partial charge on any atom is 0.223 e. The van der Waals surface area contributed by atoms with Crippen molar-refractivity contribution >= 4 is 23.2 Å². The Bertz CT molecular complexity index is 559. The Morgan fingerprint density at radius 3 is 2.88 bits per heavy atom. The maximum atomic E-state index is 12.4. The molecule has 0 radical (unpaired) electrons. The van der Waals surface area contributed by atoms with Crippen molar-refractivity contribution in [2.24, 2.45) is 5.92 Å². The number of carbonyl (C=O) groups excluding carboxylic acids is 2. The molecule has 132 valence electrons. The second-order valence-electron chi connectivity index (χ2n) is 6.89. The molecule has 2 fully saturated rings. The molecule has 1 aromatic heterocycles. The van der Waals surface area contributed by atoms with E-state index in [4.69, 9.17) is 0 Å². The van der Waals surface area contributed by atoms with Crippen molar-refractivity contribution < 1.29 is 9.59 Å². The van der Waals surface area contributed by atoms with E-state index in [0.29, 0.717) is 19.0 Å². The fourth-order valence-electron chi connectivity index (χ4n) is 3.11. The average Bonchev–Trinajstić information content (AvgIpc) is 3.20. The van der Waals surface area contributed by atoms with Crippen LogP contribution >= 0.6 is 11.3 Å². The molecule has 2 amide bonds. The van der Waals surface area contributed by atoms with E-state index in [1.54, 1.807) is 16.2 Å². The topological polar surface area (TPSA) is 74.3 Å².